The van der Waals surface area contributed by atoms with E-state index in [2.05, 4.69) is 29.1 Å². The molecule has 3 aromatic carbocycles. The molecule has 1 N–H and O–H groups in total. The molecule has 150 valence electrons. The number of pyridine rings is 1. The van der Waals surface area contributed by atoms with Crippen LogP contribution >= 0.6 is 0 Å². The molecule has 2 aromatic heterocycles. The summed E-state index contributed by atoms with van der Waals surface area (Å²) in [5.41, 5.74) is 5.25. The van der Waals surface area contributed by atoms with Crippen molar-refractivity contribution >= 4 is 21.5 Å². The summed E-state index contributed by atoms with van der Waals surface area (Å²) in [4.78, 5) is 15.1. The number of aromatic amines is 1. The summed E-state index contributed by atoms with van der Waals surface area (Å²) in [6.45, 7) is 2.07. The molecule has 5 heteroatoms. The van der Waals surface area contributed by atoms with E-state index in [4.69, 9.17) is 0 Å². The van der Waals surface area contributed by atoms with E-state index in [1.165, 1.54) is 0 Å². The molecule has 5 nitrogen and oxygen atoms in total. The first-order valence-corrected chi connectivity index (χ1v) is 10.2. The highest BCUT2D eigenvalue weighted by molar-refractivity contribution is 5.97. The lowest BCUT2D eigenvalue weighted by molar-refractivity contribution is 0.776. The Hall–Kier alpha value is -4.17. The van der Waals surface area contributed by atoms with E-state index >= 15 is 0 Å². The molecular weight excluding hydrogens is 384 g/mol. The number of benzene rings is 3. The van der Waals surface area contributed by atoms with E-state index in [0.29, 0.717) is 10.9 Å². The minimum Gasteiger partial charge on any atom is -0.328 e. The van der Waals surface area contributed by atoms with E-state index in [-0.39, 0.29) is 5.56 Å². The van der Waals surface area contributed by atoms with Gasteiger partial charge < -0.3 is 4.98 Å². The first kappa shape index (κ1) is 18.8. The van der Waals surface area contributed by atoms with Crippen LogP contribution in [0.5, 0.6) is 0 Å². The number of hydrogen-bond acceptors (Lipinski definition) is 3. The maximum absolute atomic E-state index is 12.3. The van der Waals surface area contributed by atoms with Crippen LogP contribution in [0.1, 0.15) is 18.1 Å². The maximum Gasteiger partial charge on any atom is 0.255 e. The van der Waals surface area contributed by atoms with Crippen LogP contribution in [0.3, 0.4) is 0 Å². The van der Waals surface area contributed by atoms with Crippen LogP contribution in [0.15, 0.2) is 71.8 Å². The second-order valence-electron chi connectivity index (χ2n) is 7.61. The van der Waals surface area contributed by atoms with Crippen LogP contribution in [0.25, 0.3) is 43.9 Å². The highest BCUT2D eigenvalue weighted by atomic mass is 16.1. The third kappa shape index (κ3) is 2.92. The summed E-state index contributed by atoms with van der Waals surface area (Å²) in [6.07, 6.45) is 4.43. The lowest BCUT2D eigenvalue weighted by Gasteiger charge is -2.12. The summed E-state index contributed by atoms with van der Waals surface area (Å²) in [6, 6.07) is 20.2. The number of H-pyrrole nitrogens is 1. The summed E-state index contributed by atoms with van der Waals surface area (Å²) in [5.74, 6) is 0. The number of hydrogen-bond donors (Lipinski definition) is 1. The zero-order valence-corrected chi connectivity index (χ0v) is 17.3. The highest BCUT2D eigenvalue weighted by Gasteiger charge is 2.18. The average Bonchev–Trinajstić information content (AvgIpc) is 3.19. The van der Waals surface area contributed by atoms with Crippen molar-refractivity contribution in [1.29, 1.82) is 5.26 Å². The molecule has 0 saturated heterocycles. The molecular formula is C26H20N4O. The lowest BCUT2D eigenvalue weighted by atomic mass is 9.93. The Balaban J connectivity index is 1.79. The minimum absolute atomic E-state index is 0.0912. The van der Waals surface area contributed by atoms with Crippen LogP contribution in [-0.2, 0) is 13.5 Å². The van der Waals surface area contributed by atoms with Crippen molar-refractivity contribution in [2.45, 2.75) is 13.3 Å². The molecule has 0 amide bonds. The normalized spacial score (nSPS) is 11.1. The number of aryl methyl sites for hydroxylation is 2. The quantitative estimate of drug-likeness (QED) is 0.450. The molecule has 0 aliphatic heterocycles. The molecule has 5 rings (SSSR count). The van der Waals surface area contributed by atoms with Crippen molar-refractivity contribution in [3.8, 4) is 28.5 Å². The molecule has 5 aromatic rings. The van der Waals surface area contributed by atoms with Gasteiger partial charge in [-0.15, -0.1) is 0 Å². The molecule has 0 atom stereocenters. The van der Waals surface area contributed by atoms with Crippen LogP contribution in [0, 0.1) is 11.3 Å². The smallest absolute Gasteiger partial charge is 0.255 e. The topological polar surface area (TPSA) is 74.5 Å². The Morgan fingerprint density at radius 2 is 1.87 bits per heavy atom. The van der Waals surface area contributed by atoms with Gasteiger partial charge in [-0.05, 0) is 40.5 Å². The maximum atomic E-state index is 12.3. The number of nitrogens with one attached hydrogen (secondary N) is 1. The summed E-state index contributed by atoms with van der Waals surface area (Å²) < 4.78 is 1.81. The molecule has 0 fully saturated rings. The fraction of sp³-hybridized carbons (Fsp3) is 0.115. The summed E-state index contributed by atoms with van der Waals surface area (Å²) in [7, 11) is 1.89. The van der Waals surface area contributed by atoms with E-state index < -0.39 is 0 Å². The minimum atomic E-state index is -0.0912. The highest BCUT2D eigenvalue weighted by Crippen LogP contribution is 2.37. The largest absolute Gasteiger partial charge is 0.328 e. The number of nitrogens with zero attached hydrogens (tertiary/aromatic N) is 3. The first-order valence-electron chi connectivity index (χ1n) is 10.2. The predicted octanol–water partition coefficient (Wildman–Crippen LogP) is 5.18. The Morgan fingerprint density at radius 3 is 2.68 bits per heavy atom. The summed E-state index contributed by atoms with van der Waals surface area (Å²) in [5, 5.41) is 18.1. The lowest BCUT2D eigenvalue weighted by Crippen LogP contribution is -2.07. The van der Waals surface area contributed by atoms with Crippen LogP contribution in [0.2, 0.25) is 0 Å². The Bertz CT molecular complexity index is 1570. The van der Waals surface area contributed by atoms with E-state index in [1.54, 1.807) is 6.20 Å². The van der Waals surface area contributed by atoms with Crippen molar-refractivity contribution in [2.75, 3.05) is 0 Å². The van der Waals surface area contributed by atoms with Gasteiger partial charge in [0.15, 0.2) is 0 Å². The molecule has 0 aliphatic carbocycles. The summed E-state index contributed by atoms with van der Waals surface area (Å²) >= 11 is 0. The van der Waals surface area contributed by atoms with Crippen LogP contribution in [-0.4, -0.2) is 14.8 Å². The van der Waals surface area contributed by atoms with Crippen molar-refractivity contribution in [3.05, 3.63) is 88.5 Å². The predicted molar refractivity (Wildman–Crippen MR) is 124 cm³/mol. The van der Waals surface area contributed by atoms with E-state index in [9.17, 15) is 10.1 Å². The molecule has 0 radical (unpaired) electrons. The zero-order valence-electron chi connectivity index (χ0n) is 17.3. The first-order chi connectivity index (χ1) is 15.1. The van der Waals surface area contributed by atoms with Crippen molar-refractivity contribution in [3.63, 3.8) is 0 Å². The Kier molecular flexibility index (Phi) is 4.41. The van der Waals surface area contributed by atoms with Crippen molar-refractivity contribution in [1.82, 2.24) is 14.8 Å². The van der Waals surface area contributed by atoms with Crippen molar-refractivity contribution < 1.29 is 0 Å². The number of aromatic nitrogens is 3. The van der Waals surface area contributed by atoms with Crippen LogP contribution < -0.4 is 5.56 Å². The monoisotopic (exact) mass is 404 g/mol. The average molecular weight is 404 g/mol. The molecule has 0 bridgehead atoms. The Morgan fingerprint density at radius 1 is 1.03 bits per heavy atom. The number of nitriles is 1. The van der Waals surface area contributed by atoms with Crippen LogP contribution in [0.4, 0.5) is 0 Å². The van der Waals surface area contributed by atoms with Gasteiger partial charge in [-0.3, -0.25) is 9.48 Å². The SMILES string of the molecule is CCc1c[nH]c(=O)c2ccc(-c3cnn(C)c3-c3ccc4ccccc4c3C#N)cc12. The molecule has 0 spiro atoms. The third-order valence-electron chi connectivity index (χ3n) is 5.91. The fourth-order valence-electron chi connectivity index (χ4n) is 4.33. The van der Waals surface area contributed by atoms with E-state index in [1.807, 2.05) is 66.5 Å². The molecule has 0 aliphatic rings. The van der Waals surface area contributed by atoms with Crippen molar-refractivity contribution in [2.24, 2.45) is 7.05 Å². The van der Waals surface area contributed by atoms with Gasteiger partial charge in [0.1, 0.15) is 6.07 Å². The molecule has 0 unspecified atom stereocenters. The fourth-order valence-corrected chi connectivity index (χ4v) is 4.33. The number of fused-ring (bicyclic) bond motifs is 2. The van der Waals surface area contributed by atoms with Gasteiger partial charge in [-0.25, -0.2) is 0 Å². The van der Waals surface area contributed by atoms with Gasteiger partial charge in [-0.2, -0.15) is 10.4 Å². The van der Waals surface area contributed by atoms with Gasteiger partial charge in [0.2, 0.25) is 0 Å². The van der Waals surface area contributed by atoms with E-state index in [0.717, 1.165) is 50.5 Å². The van der Waals surface area contributed by atoms with Gasteiger partial charge in [0, 0.05) is 35.1 Å². The van der Waals surface area contributed by atoms with Gasteiger partial charge in [0.25, 0.3) is 5.56 Å². The second kappa shape index (κ2) is 7.26. The third-order valence-corrected chi connectivity index (χ3v) is 5.91. The Labute approximate surface area is 179 Å². The molecule has 31 heavy (non-hydrogen) atoms. The molecule has 2 heterocycles. The number of rotatable bonds is 3. The second-order valence-corrected chi connectivity index (χ2v) is 7.61. The molecule has 0 saturated carbocycles. The zero-order chi connectivity index (χ0) is 21.5. The van der Waals surface area contributed by atoms with Gasteiger partial charge in [0.05, 0.1) is 17.5 Å². The van der Waals surface area contributed by atoms with Gasteiger partial charge >= 0.3 is 0 Å². The van der Waals surface area contributed by atoms with Gasteiger partial charge in [-0.1, -0.05) is 49.4 Å². The standard InChI is InChI=1S/C26H20N4O/c1-3-16-14-28-26(31)21-11-9-18(12-22(16)21)24-15-29-30(2)25(24)20-10-8-17-6-4-5-7-19(17)23(20)13-27/h4-12,14-15H,3H2,1-2H3,(H,28,31).